The van der Waals surface area contributed by atoms with Crippen LogP contribution in [0.3, 0.4) is 0 Å². The minimum Gasteiger partial charge on any atom is -0.355 e. The lowest BCUT2D eigenvalue weighted by Crippen LogP contribution is -2.34. The third-order valence-electron chi connectivity index (χ3n) is 5.33. The summed E-state index contributed by atoms with van der Waals surface area (Å²) >= 11 is 0. The number of amides is 2. The van der Waals surface area contributed by atoms with Gasteiger partial charge in [0.15, 0.2) is 0 Å². The standard InChI is InChI=1S/C18H25N3O2.ClH/c1-19-16(22)14-5-3-13(4-6-14)12-21(2)17(23)15-11-18(15)7-9-20-10-8-18;/h3-6,15,20H,7-12H2,1-2H3,(H,19,22);1H. The van der Waals surface area contributed by atoms with E-state index in [1.165, 1.54) is 0 Å². The normalized spacial score (nSPS) is 20.8. The molecule has 3 rings (SSSR count). The Bertz CT molecular complexity index is 597. The lowest BCUT2D eigenvalue weighted by atomic mass is 9.91. The Morgan fingerprint density at radius 2 is 1.88 bits per heavy atom. The molecule has 1 aromatic rings. The maximum Gasteiger partial charge on any atom is 0.251 e. The van der Waals surface area contributed by atoms with E-state index >= 15 is 0 Å². The summed E-state index contributed by atoms with van der Waals surface area (Å²) in [7, 11) is 3.50. The number of benzene rings is 1. The van der Waals surface area contributed by atoms with Crippen molar-refractivity contribution in [1.82, 2.24) is 15.5 Å². The van der Waals surface area contributed by atoms with E-state index < -0.39 is 0 Å². The van der Waals surface area contributed by atoms with E-state index in [-0.39, 0.29) is 35.6 Å². The fourth-order valence-electron chi connectivity index (χ4n) is 3.70. The molecule has 1 aliphatic heterocycles. The molecule has 2 amide bonds. The Balaban J connectivity index is 0.00000208. The van der Waals surface area contributed by atoms with Gasteiger partial charge in [0.25, 0.3) is 5.91 Å². The molecule has 132 valence electrons. The maximum atomic E-state index is 12.6. The molecule has 5 nitrogen and oxygen atoms in total. The van der Waals surface area contributed by atoms with Crippen LogP contribution in [0.4, 0.5) is 0 Å². The summed E-state index contributed by atoms with van der Waals surface area (Å²) in [5.41, 5.74) is 1.97. The molecule has 6 heteroatoms. The second-order valence-electron chi connectivity index (χ2n) is 6.84. The fraction of sp³-hybridized carbons (Fsp3) is 0.556. The van der Waals surface area contributed by atoms with Crippen molar-refractivity contribution in [2.75, 3.05) is 27.2 Å². The van der Waals surface area contributed by atoms with E-state index in [1.807, 2.05) is 24.1 Å². The molecule has 2 aliphatic rings. The highest BCUT2D eigenvalue weighted by Gasteiger charge is 2.58. The van der Waals surface area contributed by atoms with E-state index in [0.29, 0.717) is 12.1 Å². The van der Waals surface area contributed by atoms with Gasteiger partial charge in [0, 0.05) is 32.1 Å². The van der Waals surface area contributed by atoms with Crippen LogP contribution in [0.1, 0.15) is 35.2 Å². The first kappa shape index (κ1) is 18.7. The SMILES string of the molecule is CNC(=O)c1ccc(CN(C)C(=O)C2CC23CCNCC3)cc1.Cl. The van der Waals surface area contributed by atoms with Crippen LogP contribution in [0.25, 0.3) is 0 Å². The number of nitrogens with zero attached hydrogens (tertiary/aromatic N) is 1. The molecule has 1 atom stereocenters. The van der Waals surface area contributed by atoms with E-state index in [9.17, 15) is 9.59 Å². The van der Waals surface area contributed by atoms with Gasteiger partial charge in [-0.25, -0.2) is 0 Å². The van der Waals surface area contributed by atoms with Gasteiger partial charge in [0.05, 0.1) is 0 Å². The van der Waals surface area contributed by atoms with Crippen molar-refractivity contribution in [3.63, 3.8) is 0 Å². The Labute approximate surface area is 149 Å². The molecule has 1 unspecified atom stereocenters. The van der Waals surface area contributed by atoms with E-state index in [4.69, 9.17) is 0 Å². The average Bonchev–Trinajstić information content (AvgIpc) is 3.27. The lowest BCUT2D eigenvalue weighted by Gasteiger charge is -2.25. The van der Waals surface area contributed by atoms with Crippen molar-refractivity contribution < 1.29 is 9.59 Å². The van der Waals surface area contributed by atoms with Crippen molar-refractivity contribution >= 4 is 24.2 Å². The molecular weight excluding hydrogens is 326 g/mol. The highest BCUT2D eigenvalue weighted by atomic mass is 35.5. The van der Waals surface area contributed by atoms with Gasteiger partial charge < -0.3 is 15.5 Å². The van der Waals surface area contributed by atoms with Gasteiger partial charge in [-0.2, -0.15) is 0 Å². The predicted molar refractivity (Wildman–Crippen MR) is 96.2 cm³/mol. The number of rotatable bonds is 4. The van der Waals surface area contributed by atoms with Crippen molar-refractivity contribution in [2.24, 2.45) is 11.3 Å². The van der Waals surface area contributed by atoms with Crippen molar-refractivity contribution in [3.8, 4) is 0 Å². The van der Waals surface area contributed by atoms with Gasteiger partial charge in [-0.3, -0.25) is 9.59 Å². The molecular formula is C18H26ClN3O2. The van der Waals surface area contributed by atoms with Crippen LogP contribution in [0.5, 0.6) is 0 Å². The molecule has 0 bridgehead atoms. The first-order valence-corrected chi connectivity index (χ1v) is 8.32. The molecule has 2 fully saturated rings. The summed E-state index contributed by atoms with van der Waals surface area (Å²) in [6.07, 6.45) is 3.30. The molecule has 2 N–H and O–H groups in total. The molecule has 1 aliphatic carbocycles. The van der Waals surface area contributed by atoms with Gasteiger partial charge in [-0.05, 0) is 55.5 Å². The van der Waals surface area contributed by atoms with Crippen LogP contribution in [0.2, 0.25) is 0 Å². The van der Waals surface area contributed by atoms with Crippen LogP contribution in [0.15, 0.2) is 24.3 Å². The van der Waals surface area contributed by atoms with Gasteiger partial charge in [-0.1, -0.05) is 12.1 Å². The molecule has 0 aromatic heterocycles. The van der Waals surface area contributed by atoms with Crippen LogP contribution < -0.4 is 10.6 Å². The zero-order valence-electron chi connectivity index (χ0n) is 14.3. The zero-order valence-corrected chi connectivity index (χ0v) is 15.1. The van der Waals surface area contributed by atoms with Crippen molar-refractivity contribution in [3.05, 3.63) is 35.4 Å². The first-order valence-electron chi connectivity index (χ1n) is 8.32. The monoisotopic (exact) mass is 351 g/mol. The number of hydrogen-bond acceptors (Lipinski definition) is 3. The minimum atomic E-state index is -0.0909. The second-order valence-corrected chi connectivity index (χ2v) is 6.84. The number of carbonyl (C=O) groups is 2. The highest BCUT2D eigenvalue weighted by molar-refractivity contribution is 5.94. The van der Waals surface area contributed by atoms with Crippen LogP contribution >= 0.6 is 12.4 Å². The van der Waals surface area contributed by atoms with E-state index in [0.717, 1.165) is 37.9 Å². The van der Waals surface area contributed by atoms with E-state index in [2.05, 4.69) is 10.6 Å². The van der Waals surface area contributed by atoms with E-state index in [1.54, 1.807) is 19.2 Å². The van der Waals surface area contributed by atoms with Crippen molar-refractivity contribution in [1.29, 1.82) is 0 Å². The molecule has 0 radical (unpaired) electrons. The third-order valence-corrected chi connectivity index (χ3v) is 5.33. The Kier molecular flexibility index (Phi) is 5.88. The average molecular weight is 352 g/mol. The second kappa shape index (κ2) is 7.53. The predicted octanol–water partition coefficient (Wildman–Crippen LogP) is 1.82. The number of carbonyl (C=O) groups excluding carboxylic acids is 2. The number of piperidine rings is 1. The molecule has 1 saturated heterocycles. The zero-order chi connectivity index (χ0) is 16.4. The largest absolute Gasteiger partial charge is 0.355 e. The molecule has 1 aromatic carbocycles. The first-order chi connectivity index (χ1) is 11.1. The highest BCUT2D eigenvalue weighted by Crippen LogP contribution is 2.59. The number of halogens is 1. The minimum absolute atomic E-state index is 0. The molecule has 1 spiro atoms. The number of nitrogens with one attached hydrogen (secondary N) is 2. The van der Waals surface area contributed by atoms with Gasteiger partial charge in [0.2, 0.25) is 5.91 Å². The summed E-state index contributed by atoms with van der Waals surface area (Å²) in [6.45, 7) is 2.67. The van der Waals surface area contributed by atoms with Gasteiger partial charge in [-0.15, -0.1) is 12.4 Å². The third kappa shape index (κ3) is 3.73. The summed E-state index contributed by atoms with van der Waals surface area (Å²) in [5, 5.41) is 5.98. The summed E-state index contributed by atoms with van der Waals surface area (Å²) in [6, 6.07) is 7.44. The topological polar surface area (TPSA) is 61.4 Å². The quantitative estimate of drug-likeness (QED) is 0.869. The van der Waals surface area contributed by atoms with Crippen LogP contribution in [0, 0.1) is 11.3 Å². The van der Waals surface area contributed by atoms with Crippen LogP contribution in [-0.2, 0) is 11.3 Å². The Hall–Kier alpha value is -1.59. The summed E-state index contributed by atoms with van der Waals surface area (Å²) in [4.78, 5) is 26.0. The smallest absolute Gasteiger partial charge is 0.251 e. The number of hydrogen-bond donors (Lipinski definition) is 2. The van der Waals surface area contributed by atoms with Crippen LogP contribution in [-0.4, -0.2) is 43.9 Å². The Morgan fingerprint density at radius 1 is 1.25 bits per heavy atom. The van der Waals surface area contributed by atoms with Gasteiger partial charge >= 0.3 is 0 Å². The summed E-state index contributed by atoms with van der Waals surface area (Å²) < 4.78 is 0. The lowest BCUT2D eigenvalue weighted by molar-refractivity contribution is -0.132. The van der Waals surface area contributed by atoms with Crippen molar-refractivity contribution in [2.45, 2.75) is 25.8 Å². The van der Waals surface area contributed by atoms with Gasteiger partial charge in [0.1, 0.15) is 0 Å². The Morgan fingerprint density at radius 3 is 2.46 bits per heavy atom. The molecule has 24 heavy (non-hydrogen) atoms. The maximum absolute atomic E-state index is 12.6. The summed E-state index contributed by atoms with van der Waals surface area (Å²) in [5.74, 6) is 0.383. The molecule has 1 heterocycles. The fourth-order valence-corrected chi connectivity index (χ4v) is 3.70. The molecule has 1 saturated carbocycles.